The van der Waals surface area contributed by atoms with Gasteiger partial charge in [-0.05, 0) is 18.4 Å². The molecule has 1 aromatic rings. The predicted molar refractivity (Wildman–Crippen MR) is 55.0 cm³/mol. The van der Waals surface area contributed by atoms with Crippen LogP contribution in [0.2, 0.25) is 0 Å². The molecule has 2 atom stereocenters. The molecule has 1 aliphatic rings. The Morgan fingerprint density at radius 1 is 1.33 bits per heavy atom. The highest BCUT2D eigenvalue weighted by atomic mass is 16.5. The Balaban J connectivity index is 1.81. The zero-order valence-electron chi connectivity index (χ0n) is 8.43. The van der Waals surface area contributed by atoms with Gasteiger partial charge in [0.25, 0.3) is 0 Å². The van der Waals surface area contributed by atoms with Crippen molar-refractivity contribution in [3.8, 4) is 0 Å². The van der Waals surface area contributed by atoms with E-state index in [1.165, 1.54) is 0 Å². The van der Waals surface area contributed by atoms with E-state index in [1.807, 2.05) is 30.3 Å². The number of ether oxygens (including phenoxy) is 1. The van der Waals surface area contributed by atoms with E-state index in [2.05, 4.69) is 0 Å². The van der Waals surface area contributed by atoms with Gasteiger partial charge in [0.1, 0.15) is 6.61 Å². The quantitative estimate of drug-likeness (QED) is 0.762. The molecule has 15 heavy (non-hydrogen) atoms. The van der Waals surface area contributed by atoms with Crippen molar-refractivity contribution >= 4 is 5.97 Å². The van der Waals surface area contributed by atoms with Crippen LogP contribution in [0.15, 0.2) is 30.3 Å². The SMILES string of the molecule is O=C(OCc1ccccc1)[C@@H]1CC[C@@H]1O. The number of hydrogen-bond acceptors (Lipinski definition) is 3. The Labute approximate surface area is 88.7 Å². The fourth-order valence-corrected chi connectivity index (χ4v) is 1.59. The van der Waals surface area contributed by atoms with E-state index in [4.69, 9.17) is 4.74 Å². The second-order valence-electron chi connectivity index (χ2n) is 3.84. The molecule has 0 unspecified atom stereocenters. The highest BCUT2D eigenvalue weighted by Gasteiger charge is 2.36. The molecule has 0 radical (unpaired) electrons. The van der Waals surface area contributed by atoms with Crippen molar-refractivity contribution in [1.82, 2.24) is 0 Å². The monoisotopic (exact) mass is 206 g/mol. The van der Waals surface area contributed by atoms with E-state index in [1.54, 1.807) is 0 Å². The smallest absolute Gasteiger partial charge is 0.311 e. The molecule has 3 heteroatoms. The van der Waals surface area contributed by atoms with Crippen LogP contribution in [0.25, 0.3) is 0 Å². The first-order chi connectivity index (χ1) is 7.27. The highest BCUT2D eigenvalue weighted by Crippen LogP contribution is 2.28. The lowest BCUT2D eigenvalue weighted by molar-refractivity contribution is -0.159. The number of hydrogen-bond donors (Lipinski definition) is 1. The van der Waals surface area contributed by atoms with Crippen LogP contribution in [0, 0.1) is 5.92 Å². The van der Waals surface area contributed by atoms with Crippen molar-refractivity contribution in [2.45, 2.75) is 25.6 Å². The molecule has 1 fully saturated rings. The zero-order valence-corrected chi connectivity index (χ0v) is 8.43. The first-order valence-corrected chi connectivity index (χ1v) is 5.16. The second kappa shape index (κ2) is 4.45. The van der Waals surface area contributed by atoms with Gasteiger partial charge >= 0.3 is 5.97 Å². The average Bonchev–Trinajstić information content (AvgIpc) is 2.26. The number of benzene rings is 1. The van der Waals surface area contributed by atoms with Crippen LogP contribution in [0.3, 0.4) is 0 Å². The lowest BCUT2D eigenvalue weighted by Gasteiger charge is -2.29. The van der Waals surface area contributed by atoms with Gasteiger partial charge < -0.3 is 9.84 Å². The van der Waals surface area contributed by atoms with Crippen molar-refractivity contribution in [1.29, 1.82) is 0 Å². The largest absolute Gasteiger partial charge is 0.461 e. The predicted octanol–water partition coefficient (Wildman–Crippen LogP) is 1.50. The molecule has 0 amide bonds. The highest BCUT2D eigenvalue weighted by molar-refractivity contribution is 5.74. The van der Waals surface area contributed by atoms with Gasteiger partial charge in [-0.15, -0.1) is 0 Å². The van der Waals surface area contributed by atoms with Crippen molar-refractivity contribution in [2.75, 3.05) is 0 Å². The third-order valence-corrected chi connectivity index (χ3v) is 2.76. The Bertz CT molecular complexity index is 334. The van der Waals surface area contributed by atoms with E-state index in [0.717, 1.165) is 12.0 Å². The fraction of sp³-hybridized carbons (Fsp3) is 0.417. The molecule has 2 rings (SSSR count). The van der Waals surface area contributed by atoms with Gasteiger partial charge in [-0.25, -0.2) is 0 Å². The fourth-order valence-electron chi connectivity index (χ4n) is 1.59. The van der Waals surface area contributed by atoms with Crippen molar-refractivity contribution in [3.63, 3.8) is 0 Å². The maximum atomic E-state index is 11.4. The molecule has 0 spiro atoms. The molecule has 3 nitrogen and oxygen atoms in total. The number of aliphatic hydroxyl groups excluding tert-OH is 1. The summed E-state index contributed by atoms with van der Waals surface area (Å²) in [4.78, 5) is 11.4. The van der Waals surface area contributed by atoms with Gasteiger partial charge in [0.15, 0.2) is 0 Å². The molecule has 1 saturated carbocycles. The minimum Gasteiger partial charge on any atom is -0.461 e. The van der Waals surface area contributed by atoms with E-state index in [9.17, 15) is 9.90 Å². The summed E-state index contributed by atoms with van der Waals surface area (Å²) in [6.07, 6.45) is 0.966. The molecule has 1 aliphatic carbocycles. The van der Waals surface area contributed by atoms with Crippen LogP contribution in [0.4, 0.5) is 0 Å². The van der Waals surface area contributed by atoms with Crippen LogP contribution < -0.4 is 0 Å². The number of aliphatic hydroxyl groups is 1. The van der Waals surface area contributed by atoms with Crippen molar-refractivity contribution in [3.05, 3.63) is 35.9 Å². The molecule has 1 aromatic carbocycles. The van der Waals surface area contributed by atoms with Gasteiger partial charge in [-0.3, -0.25) is 4.79 Å². The van der Waals surface area contributed by atoms with Crippen LogP contribution >= 0.6 is 0 Å². The van der Waals surface area contributed by atoms with Gasteiger partial charge in [0.05, 0.1) is 12.0 Å². The van der Waals surface area contributed by atoms with Gasteiger partial charge in [0.2, 0.25) is 0 Å². The Kier molecular flexibility index (Phi) is 3.02. The summed E-state index contributed by atoms with van der Waals surface area (Å²) in [7, 11) is 0. The lowest BCUT2D eigenvalue weighted by Crippen LogP contribution is -2.38. The van der Waals surface area contributed by atoms with Gasteiger partial charge in [-0.2, -0.15) is 0 Å². The van der Waals surface area contributed by atoms with Crippen molar-refractivity contribution < 1.29 is 14.6 Å². The molecule has 1 N–H and O–H groups in total. The van der Waals surface area contributed by atoms with Crippen LogP contribution in [0.1, 0.15) is 18.4 Å². The summed E-state index contributed by atoms with van der Waals surface area (Å²) in [5.74, 6) is -0.577. The number of esters is 1. The summed E-state index contributed by atoms with van der Waals surface area (Å²) in [6, 6.07) is 9.54. The van der Waals surface area contributed by atoms with Crippen LogP contribution in [-0.4, -0.2) is 17.2 Å². The first-order valence-electron chi connectivity index (χ1n) is 5.16. The Morgan fingerprint density at radius 2 is 2.07 bits per heavy atom. The molecule has 0 aliphatic heterocycles. The average molecular weight is 206 g/mol. The van der Waals surface area contributed by atoms with E-state index < -0.39 is 6.10 Å². The lowest BCUT2D eigenvalue weighted by atomic mass is 9.82. The third-order valence-electron chi connectivity index (χ3n) is 2.76. The first kappa shape index (κ1) is 10.2. The van der Waals surface area contributed by atoms with Crippen LogP contribution in [-0.2, 0) is 16.1 Å². The van der Waals surface area contributed by atoms with Crippen molar-refractivity contribution in [2.24, 2.45) is 5.92 Å². The minimum absolute atomic E-state index is 0.280. The minimum atomic E-state index is -0.492. The standard InChI is InChI=1S/C12H14O3/c13-11-7-6-10(11)12(14)15-8-9-4-2-1-3-5-9/h1-5,10-11,13H,6-8H2/t10-,11+/m1/s1. The molecule has 0 aromatic heterocycles. The molecule has 0 saturated heterocycles. The number of carbonyl (C=O) groups excluding carboxylic acids is 1. The summed E-state index contributed by atoms with van der Waals surface area (Å²) >= 11 is 0. The molecule has 0 bridgehead atoms. The summed E-state index contributed by atoms with van der Waals surface area (Å²) in [5, 5.41) is 9.27. The van der Waals surface area contributed by atoms with E-state index in [-0.39, 0.29) is 11.9 Å². The van der Waals surface area contributed by atoms with E-state index >= 15 is 0 Å². The Hall–Kier alpha value is -1.35. The molecular formula is C12H14O3. The summed E-state index contributed by atoms with van der Waals surface area (Å²) in [5.41, 5.74) is 0.972. The number of carbonyl (C=O) groups is 1. The molecule has 0 heterocycles. The molecule has 80 valence electrons. The van der Waals surface area contributed by atoms with Crippen LogP contribution in [0.5, 0.6) is 0 Å². The summed E-state index contributed by atoms with van der Waals surface area (Å²) < 4.78 is 5.10. The Morgan fingerprint density at radius 3 is 2.60 bits per heavy atom. The summed E-state index contributed by atoms with van der Waals surface area (Å²) in [6.45, 7) is 0.295. The molecular weight excluding hydrogens is 192 g/mol. The normalized spacial score (nSPS) is 24.3. The third kappa shape index (κ3) is 2.36. The van der Waals surface area contributed by atoms with E-state index in [0.29, 0.717) is 13.0 Å². The van der Waals surface area contributed by atoms with Gasteiger partial charge in [-0.1, -0.05) is 30.3 Å². The van der Waals surface area contributed by atoms with Gasteiger partial charge in [0, 0.05) is 0 Å². The topological polar surface area (TPSA) is 46.5 Å². The number of rotatable bonds is 3. The zero-order chi connectivity index (χ0) is 10.7. The second-order valence-corrected chi connectivity index (χ2v) is 3.84. The maximum absolute atomic E-state index is 11.4. The maximum Gasteiger partial charge on any atom is 0.311 e.